The fourth-order valence-corrected chi connectivity index (χ4v) is 2.12. The highest BCUT2D eigenvalue weighted by Crippen LogP contribution is 2.22. The molecule has 3 amide bonds. The average Bonchev–Trinajstić information content (AvgIpc) is 2.72. The second-order valence-electron chi connectivity index (χ2n) is 5.80. The number of amides is 3. The number of carbonyl (C=O) groups excluding carboxylic acids is 3. The van der Waals surface area contributed by atoms with Gasteiger partial charge in [0.25, 0.3) is 11.8 Å². The average molecular weight is 288 g/mol. The van der Waals surface area contributed by atoms with Crippen LogP contribution in [0.5, 0.6) is 0 Å². The molecule has 1 aromatic rings. The molecule has 0 aliphatic carbocycles. The van der Waals surface area contributed by atoms with E-state index >= 15 is 0 Å². The summed E-state index contributed by atoms with van der Waals surface area (Å²) in [5.41, 5.74) is 0.424. The highest BCUT2D eigenvalue weighted by atomic mass is 16.2. The Hall–Kier alpha value is -2.17. The SMILES string of the molecule is CCC(C)(C)C(=O)NCCN1C(=O)c2ccccc2C1=O. The molecule has 2 rings (SSSR count). The lowest BCUT2D eigenvalue weighted by molar-refractivity contribution is -0.129. The van der Waals surface area contributed by atoms with Crippen molar-refractivity contribution in [2.24, 2.45) is 5.41 Å². The maximum Gasteiger partial charge on any atom is 0.261 e. The topological polar surface area (TPSA) is 66.5 Å². The van der Waals surface area contributed by atoms with Gasteiger partial charge >= 0.3 is 0 Å². The van der Waals surface area contributed by atoms with Crippen molar-refractivity contribution < 1.29 is 14.4 Å². The molecule has 1 aliphatic heterocycles. The van der Waals surface area contributed by atoms with Crippen molar-refractivity contribution in [2.45, 2.75) is 27.2 Å². The largest absolute Gasteiger partial charge is 0.354 e. The van der Waals surface area contributed by atoms with E-state index in [1.54, 1.807) is 24.3 Å². The van der Waals surface area contributed by atoms with E-state index in [0.29, 0.717) is 11.1 Å². The van der Waals surface area contributed by atoms with Gasteiger partial charge in [-0.05, 0) is 18.6 Å². The minimum Gasteiger partial charge on any atom is -0.354 e. The van der Waals surface area contributed by atoms with Crippen molar-refractivity contribution in [1.29, 1.82) is 0 Å². The lowest BCUT2D eigenvalue weighted by atomic mass is 9.89. The molecule has 21 heavy (non-hydrogen) atoms. The lowest BCUT2D eigenvalue weighted by Gasteiger charge is -2.22. The number of carbonyl (C=O) groups is 3. The summed E-state index contributed by atoms with van der Waals surface area (Å²) in [6.45, 7) is 6.14. The van der Waals surface area contributed by atoms with Gasteiger partial charge in [-0.25, -0.2) is 0 Å². The van der Waals surface area contributed by atoms with Gasteiger partial charge in [0.05, 0.1) is 11.1 Å². The molecule has 0 saturated heterocycles. The molecular formula is C16H20N2O3. The van der Waals surface area contributed by atoms with E-state index in [9.17, 15) is 14.4 Å². The summed E-state index contributed by atoms with van der Waals surface area (Å²) in [5, 5.41) is 2.78. The smallest absolute Gasteiger partial charge is 0.261 e. The van der Waals surface area contributed by atoms with Crippen molar-refractivity contribution >= 4 is 17.7 Å². The van der Waals surface area contributed by atoms with Crippen LogP contribution in [0.25, 0.3) is 0 Å². The summed E-state index contributed by atoms with van der Waals surface area (Å²) >= 11 is 0. The normalized spacial score (nSPS) is 14.3. The van der Waals surface area contributed by atoms with Gasteiger partial charge in [-0.2, -0.15) is 0 Å². The Morgan fingerprint density at radius 1 is 1.14 bits per heavy atom. The molecule has 5 nitrogen and oxygen atoms in total. The third-order valence-corrected chi connectivity index (χ3v) is 4.00. The Morgan fingerprint density at radius 2 is 1.67 bits per heavy atom. The van der Waals surface area contributed by atoms with Crippen molar-refractivity contribution in [1.82, 2.24) is 10.2 Å². The Labute approximate surface area is 124 Å². The third-order valence-electron chi connectivity index (χ3n) is 4.00. The van der Waals surface area contributed by atoms with Gasteiger partial charge in [0.15, 0.2) is 0 Å². The van der Waals surface area contributed by atoms with Crippen molar-refractivity contribution in [3.8, 4) is 0 Å². The van der Waals surface area contributed by atoms with Crippen LogP contribution in [0.1, 0.15) is 47.9 Å². The third kappa shape index (κ3) is 2.82. The van der Waals surface area contributed by atoms with Crippen LogP contribution >= 0.6 is 0 Å². The van der Waals surface area contributed by atoms with Crippen molar-refractivity contribution in [3.63, 3.8) is 0 Å². The van der Waals surface area contributed by atoms with Crippen molar-refractivity contribution in [2.75, 3.05) is 13.1 Å². The molecular weight excluding hydrogens is 268 g/mol. The Bertz CT molecular complexity index is 558. The minimum absolute atomic E-state index is 0.0680. The molecule has 5 heteroatoms. The Kier molecular flexibility index (Phi) is 4.11. The number of hydrogen-bond acceptors (Lipinski definition) is 3. The maximum absolute atomic E-state index is 12.1. The first-order valence-electron chi connectivity index (χ1n) is 7.12. The van der Waals surface area contributed by atoms with E-state index in [1.165, 1.54) is 4.90 Å². The van der Waals surface area contributed by atoms with Crippen LogP contribution < -0.4 is 5.32 Å². The summed E-state index contributed by atoms with van der Waals surface area (Å²) in [6, 6.07) is 6.76. The van der Waals surface area contributed by atoms with Gasteiger partial charge < -0.3 is 5.32 Å². The number of imide groups is 1. The van der Waals surface area contributed by atoms with Crippen molar-refractivity contribution in [3.05, 3.63) is 35.4 Å². The van der Waals surface area contributed by atoms with E-state index in [1.807, 2.05) is 20.8 Å². The number of fused-ring (bicyclic) bond motifs is 1. The molecule has 1 N–H and O–H groups in total. The Balaban J connectivity index is 1.96. The van der Waals surface area contributed by atoms with Gasteiger partial charge in [-0.3, -0.25) is 19.3 Å². The second-order valence-corrected chi connectivity index (χ2v) is 5.80. The molecule has 0 aromatic heterocycles. The van der Waals surface area contributed by atoms with Crippen LogP contribution in [-0.4, -0.2) is 35.7 Å². The predicted octanol–water partition coefficient (Wildman–Crippen LogP) is 1.83. The first kappa shape index (κ1) is 15.2. The monoisotopic (exact) mass is 288 g/mol. The standard InChI is InChI=1S/C16H20N2O3/c1-4-16(2,3)15(21)17-9-10-18-13(19)11-7-5-6-8-12(11)14(18)20/h5-8H,4,9-10H2,1-3H3,(H,17,21). The lowest BCUT2D eigenvalue weighted by Crippen LogP contribution is -2.42. The molecule has 112 valence electrons. The zero-order chi connectivity index (χ0) is 15.6. The van der Waals surface area contributed by atoms with E-state index < -0.39 is 5.41 Å². The summed E-state index contributed by atoms with van der Waals surface area (Å²) in [7, 11) is 0. The molecule has 0 atom stereocenters. The fourth-order valence-electron chi connectivity index (χ4n) is 2.12. The zero-order valence-corrected chi connectivity index (χ0v) is 12.6. The van der Waals surface area contributed by atoms with Crippen LogP contribution in [0.4, 0.5) is 0 Å². The van der Waals surface area contributed by atoms with Gasteiger partial charge in [0, 0.05) is 18.5 Å². The highest BCUT2D eigenvalue weighted by molar-refractivity contribution is 6.21. The molecule has 0 radical (unpaired) electrons. The zero-order valence-electron chi connectivity index (χ0n) is 12.6. The number of hydrogen-bond donors (Lipinski definition) is 1. The molecule has 1 aromatic carbocycles. The second kappa shape index (κ2) is 5.68. The highest BCUT2D eigenvalue weighted by Gasteiger charge is 2.35. The van der Waals surface area contributed by atoms with Crippen LogP contribution in [0.3, 0.4) is 0 Å². The summed E-state index contributed by atoms with van der Waals surface area (Å²) in [6.07, 6.45) is 0.728. The fraction of sp³-hybridized carbons (Fsp3) is 0.438. The number of rotatable bonds is 5. The van der Waals surface area contributed by atoms with Crippen LogP contribution in [0.2, 0.25) is 0 Å². The number of nitrogens with one attached hydrogen (secondary N) is 1. The molecule has 0 spiro atoms. The molecule has 0 bridgehead atoms. The predicted molar refractivity (Wildman–Crippen MR) is 78.9 cm³/mol. The molecule has 0 unspecified atom stereocenters. The van der Waals surface area contributed by atoms with Crippen LogP contribution in [-0.2, 0) is 4.79 Å². The van der Waals surface area contributed by atoms with E-state index in [-0.39, 0.29) is 30.8 Å². The first-order chi connectivity index (χ1) is 9.88. The quantitative estimate of drug-likeness (QED) is 0.841. The van der Waals surface area contributed by atoms with Gasteiger partial charge in [0.1, 0.15) is 0 Å². The Morgan fingerprint density at radius 3 is 2.14 bits per heavy atom. The van der Waals surface area contributed by atoms with Crippen LogP contribution in [0, 0.1) is 5.41 Å². The van der Waals surface area contributed by atoms with E-state index in [0.717, 1.165) is 6.42 Å². The first-order valence-corrected chi connectivity index (χ1v) is 7.12. The van der Waals surface area contributed by atoms with Gasteiger partial charge in [-0.1, -0.05) is 32.9 Å². The van der Waals surface area contributed by atoms with Crippen LogP contribution in [0.15, 0.2) is 24.3 Å². The van der Waals surface area contributed by atoms with E-state index in [2.05, 4.69) is 5.32 Å². The number of benzene rings is 1. The molecule has 1 aliphatic rings. The maximum atomic E-state index is 12.1. The summed E-state index contributed by atoms with van der Waals surface area (Å²) in [4.78, 5) is 37.4. The summed E-state index contributed by atoms with van der Waals surface area (Å²) < 4.78 is 0. The molecule has 0 saturated carbocycles. The minimum atomic E-state index is -0.442. The van der Waals surface area contributed by atoms with Gasteiger partial charge in [0.2, 0.25) is 5.91 Å². The molecule has 1 heterocycles. The summed E-state index contributed by atoms with van der Waals surface area (Å²) in [5.74, 6) is -0.652. The van der Waals surface area contributed by atoms with Gasteiger partial charge in [-0.15, -0.1) is 0 Å². The number of nitrogens with zero attached hydrogens (tertiary/aromatic N) is 1. The molecule has 0 fully saturated rings. The van der Waals surface area contributed by atoms with E-state index in [4.69, 9.17) is 0 Å².